The molecule has 2 unspecified atom stereocenters. The minimum atomic E-state index is -0.0398. The number of amides is 1. The first-order chi connectivity index (χ1) is 8.31. The maximum atomic E-state index is 11.0. The topological polar surface area (TPSA) is 58.4 Å². The van der Waals surface area contributed by atoms with Crippen LogP contribution in [-0.2, 0) is 4.79 Å². The van der Waals surface area contributed by atoms with Crippen LogP contribution in [0.1, 0.15) is 51.4 Å². The molecule has 1 aliphatic heterocycles. The van der Waals surface area contributed by atoms with E-state index in [1.807, 2.05) is 0 Å². The van der Waals surface area contributed by atoms with E-state index in [0.717, 1.165) is 24.8 Å². The van der Waals surface area contributed by atoms with Gasteiger partial charge in [-0.1, -0.05) is 12.8 Å². The Morgan fingerprint density at radius 3 is 2.88 bits per heavy atom. The minimum Gasteiger partial charge on any atom is -0.300 e. The fraction of sp³-hybridized carbons (Fsp3) is 0.923. The molecule has 2 rings (SSSR count). The Morgan fingerprint density at radius 1 is 1.24 bits per heavy atom. The summed E-state index contributed by atoms with van der Waals surface area (Å²) in [7, 11) is 0. The molecule has 1 saturated carbocycles. The monoisotopic (exact) mass is 239 g/mol. The van der Waals surface area contributed by atoms with Crippen LogP contribution >= 0.6 is 0 Å². The largest absolute Gasteiger partial charge is 0.300 e. The smallest absolute Gasteiger partial charge is 0.233 e. The van der Waals surface area contributed by atoms with Crippen molar-refractivity contribution in [2.45, 2.75) is 57.4 Å². The molecule has 1 saturated heterocycles. The second-order valence-corrected chi connectivity index (χ2v) is 5.46. The molecule has 17 heavy (non-hydrogen) atoms. The zero-order valence-electron chi connectivity index (χ0n) is 10.7. The first kappa shape index (κ1) is 12.8. The average molecular weight is 239 g/mol. The number of nitrogens with two attached hydrogens (primary N) is 1. The number of rotatable bonds is 5. The number of unbranched alkanes of at least 4 members (excludes halogenated alkanes) is 1. The third-order valence-electron chi connectivity index (χ3n) is 4.39. The van der Waals surface area contributed by atoms with E-state index < -0.39 is 0 Å². The van der Waals surface area contributed by atoms with Crippen molar-refractivity contribution in [3.63, 3.8) is 0 Å². The van der Waals surface area contributed by atoms with Crippen molar-refractivity contribution in [1.82, 2.24) is 10.3 Å². The van der Waals surface area contributed by atoms with Crippen LogP contribution in [0.25, 0.3) is 0 Å². The van der Waals surface area contributed by atoms with Gasteiger partial charge in [0.15, 0.2) is 0 Å². The van der Waals surface area contributed by atoms with E-state index in [9.17, 15) is 4.79 Å². The van der Waals surface area contributed by atoms with Gasteiger partial charge in [0.1, 0.15) is 0 Å². The summed E-state index contributed by atoms with van der Waals surface area (Å²) in [5, 5.41) is 0. The molecule has 0 aromatic carbocycles. The van der Waals surface area contributed by atoms with Gasteiger partial charge in [0.25, 0.3) is 0 Å². The van der Waals surface area contributed by atoms with Gasteiger partial charge in [0.2, 0.25) is 5.91 Å². The highest BCUT2D eigenvalue weighted by Gasteiger charge is 2.34. The second-order valence-electron chi connectivity index (χ2n) is 5.46. The first-order valence-corrected chi connectivity index (χ1v) is 7.05. The van der Waals surface area contributed by atoms with Gasteiger partial charge >= 0.3 is 0 Å². The van der Waals surface area contributed by atoms with Crippen molar-refractivity contribution < 1.29 is 4.79 Å². The van der Waals surface area contributed by atoms with Crippen molar-refractivity contribution in [2.24, 2.45) is 11.8 Å². The lowest BCUT2D eigenvalue weighted by atomic mass is 9.85. The molecule has 0 radical (unpaired) electrons. The van der Waals surface area contributed by atoms with Crippen LogP contribution in [0.3, 0.4) is 0 Å². The first-order valence-electron chi connectivity index (χ1n) is 7.05. The average Bonchev–Trinajstić information content (AvgIpc) is 2.78. The highest BCUT2D eigenvalue weighted by Crippen LogP contribution is 2.36. The van der Waals surface area contributed by atoms with Gasteiger partial charge in [-0.2, -0.15) is 0 Å². The van der Waals surface area contributed by atoms with Crippen LogP contribution in [0, 0.1) is 5.92 Å². The predicted molar refractivity (Wildman–Crippen MR) is 68.1 cm³/mol. The van der Waals surface area contributed by atoms with Gasteiger partial charge in [-0.3, -0.25) is 10.2 Å². The molecule has 4 nitrogen and oxygen atoms in total. The number of nitrogens with zero attached hydrogens (tertiary/aromatic N) is 1. The molecular formula is C13H25N3O. The molecule has 3 N–H and O–H groups in total. The normalized spacial score (nSPS) is 29.0. The van der Waals surface area contributed by atoms with Gasteiger partial charge < -0.3 is 4.90 Å². The van der Waals surface area contributed by atoms with Gasteiger partial charge in [-0.05, 0) is 51.1 Å². The molecule has 1 aliphatic carbocycles. The standard InChI is InChI=1S/C13H25N3O/c14-15-13(17)7-3-4-9-16-10-8-11-5-1-2-6-12(11)16/h11-12H,1-10,14H2,(H,15,17). The number of carbonyl (C=O) groups is 1. The number of hydrogen-bond acceptors (Lipinski definition) is 3. The van der Waals surface area contributed by atoms with Gasteiger partial charge in [-0.15, -0.1) is 0 Å². The van der Waals surface area contributed by atoms with Crippen LogP contribution in [0.4, 0.5) is 0 Å². The van der Waals surface area contributed by atoms with E-state index in [-0.39, 0.29) is 5.91 Å². The third-order valence-corrected chi connectivity index (χ3v) is 4.39. The number of nitrogens with one attached hydrogen (secondary N) is 1. The zero-order valence-corrected chi connectivity index (χ0v) is 10.7. The van der Waals surface area contributed by atoms with Gasteiger partial charge in [-0.25, -0.2) is 5.84 Å². The van der Waals surface area contributed by atoms with Gasteiger partial charge in [0.05, 0.1) is 0 Å². The fourth-order valence-electron chi connectivity index (χ4n) is 3.45. The van der Waals surface area contributed by atoms with Crippen LogP contribution in [0.2, 0.25) is 0 Å². The molecule has 2 atom stereocenters. The Balaban J connectivity index is 1.64. The lowest BCUT2D eigenvalue weighted by Crippen LogP contribution is -2.35. The molecule has 2 fully saturated rings. The molecule has 4 heteroatoms. The van der Waals surface area contributed by atoms with Crippen molar-refractivity contribution >= 4 is 5.91 Å². The van der Waals surface area contributed by atoms with Crippen molar-refractivity contribution in [1.29, 1.82) is 0 Å². The highest BCUT2D eigenvalue weighted by atomic mass is 16.2. The van der Waals surface area contributed by atoms with Crippen LogP contribution in [-0.4, -0.2) is 29.9 Å². The molecule has 0 spiro atoms. The molecule has 2 aliphatic rings. The van der Waals surface area contributed by atoms with E-state index in [1.165, 1.54) is 45.2 Å². The molecule has 98 valence electrons. The summed E-state index contributed by atoms with van der Waals surface area (Å²) >= 11 is 0. The van der Waals surface area contributed by atoms with Crippen LogP contribution in [0.5, 0.6) is 0 Å². The number of likely N-dealkylation sites (tertiary alicyclic amines) is 1. The maximum absolute atomic E-state index is 11.0. The van der Waals surface area contributed by atoms with Gasteiger partial charge in [0, 0.05) is 12.5 Å². The number of hydrazine groups is 1. The summed E-state index contributed by atoms with van der Waals surface area (Å²) in [6.07, 6.45) is 9.73. The Kier molecular flexibility index (Phi) is 4.80. The van der Waals surface area contributed by atoms with E-state index in [1.54, 1.807) is 0 Å². The Hall–Kier alpha value is -0.610. The number of carbonyl (C=O) groups excluding carboxylic acids is 1. The van der Waals surface area contributed by atoms with E-state index >= 15 is 0 Å². The summed E-state index contributed by atoms with van der Waals surface area (Å²) in [6, 6.07) is 0.854. The summed E-state index contributed by atoms with van der Waals surface area (Å²) < 4.78 is 0. The fourth-order valence-corrected chi connectivity index (χ4v) is 3.45. The molecule has 1 amide bonds. The Labute approximate surface area is 104 Å². The molecule has 0 aromatic rings. The number of hydrogen-bond donors (Lipinski definition) is 2. The Bertz CT molecular complexity index is 257. The summed E-state index contributed by atoms with van der Waals surface area (Å²) in [4.78, 5) is 13.6. The quantitative estimate of drug-likeness (QED) is 0.330. The predicted octanol–water partition coefficient (Wildman–Crippen LogP) is 1.41. The summed E-state index contributed by atoms with van der Waals surface area (Å²) in [5.74, 6) is 5.98. The molecule has 0 aromatic heterocycles. The lowest BCUT2D eigenvalue weighted by Gasteiger charge is -2.31. The third kappa shape index (κ3) is 3.42. The van der Waals surface area contributed by atoms with Crippen molar-refractivity contribution in [2.75, 3.05) is 13.1 Å². The SMILES string of the molecule is NNC(=O)CCCCN1CCC2CCCCC21. The zero-order chi connectivity index (χ0) is 12.1. The molecule has 1 heterocycles. The summed E-state index contributed by atoms with van der Waals surface area (Å²) in [5.41, 5.74) is 2.19. The molecule has 0 bridgehead atoms. The minimum absolute atomic E-state index is 0.0398. The van der Waals surface area contributed by atoms with E-state index in [4.69, 9.17) is 5.84 Å². The van der Waals surface area contributed by atoms with E-state index in [0.29, 0.717) is 6.42 Å². The summed E-state index contributed by atoms with van der Waals surface area (Å²) in [6.45, 7) is 2.44. The van der Waals surface area contributed by atoms with E-state index in [2.05, 4.69) is 10.3 Å². The van der Waals surface area contributed by atoms with Crippen LogP contribution in [0.15, 0.2) is 0 Å². The van der Waals surface area contributed by atoms with Crippen LogP contribution < -0.4 is 11.3 Å². The molecular weight excluding hydrogens is 214 g/mol. The Morgan fingerprint density at radius 2 is 2.06 bits per heavy atom. The van der Waals surface area contributed by atoms with Crippen molar-refractivity contribution in [3.05, 3.63) is 0 Å². The van der Waals surface area contributed by atoms with Crippen molar-refractivity contribution in [3.8, 4) is 0 Å². The maximum Gasteiger partial charge on any atom is 0.233 e. The highest BCUT2D eigenvalue weighted by molar-refractivity contribution is 5.75. The second kappa shape index (κ2) is 6.36. The number of fused-ring (bicyclic) bond motifs is 1. The lowest BCUT2D eigenvalue weighted by molar-refractivity contribution is -0.121.